The van der Waals surface area contributed by atoms with Gasteiger partial charge in [0, 0.05) is 17.5 Å². The summed E-state index contributed by atoms with van der Waals surface area (Å²) < 4.78 is 29.3. The minimum atomic E-state index is -0.285. The van der Waals surface area contributed by atoms with Gasteiger partial charge >= 0.3 is 0 Å². The van der Waals surface area contributed by atoms with Gasteiger partial charge in [0.25, 0.3) is 5.91 Å². The number of carbonyl (C=O) groups excluding carboxylic acids is 1. The summed E-state index contributed by atoms with van der Waals surface area (Å²) in [5.41, 5.74) is 1.29. The standard InChI is InChI=1S/C18H18FNO4/c1-22-16-5-3-11(9-17(16)23-2)18(21)20-10-14-8-12-7-13(19)4-6-15(12)24-14/h3-7,9,14H,8,10H2,1-2H3,(H,20,21). The third-order valence-electron chi connectivity index (χ3n) is 3.90. The number of halogens is 1. The monoisotopic (exact) mass is 331 g/mol. The lowest BCUT2D eigenvalue weighted by atomic mass is 10.1. The van der Waals surface area contributed by atoms with E-state index in [2.05, 4.69) is 5.32 Å². The Balaban J connectivity index is 1.61. The molecule has 0 saturated heterocycles. The third kappa shape index (κ3) is 3.27. The smallest absolute Gasteiger partial charge is 0.251 e. The van der Waals surface area contributed by atoms with E-state index in [1.54, 1.807) is 24.3 Å². The number of carbonyl (C=O) groups is 1. The maximum atomic E-state index is 13.2. The number of methoxy groups -OCH3 is 2. The zero-order valence-corrected chi connectivity index (χ0v) is 13.5. The van der Waals surface area contributed by atoms with Gasteiger partial charge in [-0.25, -0.2) is 4.39 Å². The van der Waals surface area contributed by atoms with Gasteiger partial charge in [-0.2, -0.15) is 0 Å². The van der Waals surface area contributed by atoms with Gasteiger partial charge in [-0.05, 0) is 36.4 Å². The van der Waals surface area contributed by atoms with Crippen LogP contribution in [0.2, 0.25) is 0 Å². The number of rotatable bonds is 5. The largest absolute Gasteiger partial charge is 0.493 e. The fourth-order valence-corrected chi connectivity index (χ4v) is 2.69. The maximum absolute atomic E-state index is 13.2. The molecular weight excluding hydrogens is 313 g/mol. The molecule has 0 bridgehead atoms. The van der Waals surface area contributed by atoms with Crippen LogP contribution in [0.15, 0.2) is 36.4 Å². The second-order valence-corrected chi connectivity index (χ2v) is 5.48. The molecule has 1 atom stereocenters. The first-order valence-corrected chi connectivity index (χ1v) is 7.56. The van der Waals surface area contributed by atoms with Crippen molar-refractivity contribution in [3.05, 3.63) is 53.3 Å². The van der Waals surface area contributed by atoms with Crippen LogP contribution in [0.4, 0.5) is 4.39 Å². The van der Waals surface area contributed by atoms with E-state index in [-0.39, 0.29) is 17.8 Å². The fourth-order valence-electron chi connectivity index (χ4n) is 2.69. The highest BCUT2D eigenvalue weighted by atomic mass is 19.1. The van der Waals surface area contributed by atoms with Gasteiger partial charge in [-0.15, -0.1) is 0 Å². The molecule has 5 nitrogen and oxygen atoms in total. The maximum Gasteiger partial charge on any atom is 0.251 e. The molecule has 0 aliphatic carbocycles. The first-order valence-electron chi connectivity index (χ1n) is 7.56. The van der Waals surface area contributed by atoms with Gasteiger partial charge in [0.1, 0.15) is 17.7 Å². The van der Waals surface area contributed by atoms with Crippen molar-refractivity contribution >= 4 is 5.91 Å². The van der Waals surface area contributed by atoms with E-state index in [9.17, 15) is 9.18 Å². The van der Waals surface area contributed by atoms with Crippen LogP contribution in [0.3, 0.4) is 0 Å². The van der Waals surface area contributed by atoms with Gasteiger partial charge in [0.05, 0.1) is 20.8 Å². The van der Waals surface area contributed by atoms with Crippen LogP contribution in [0.1, 0.15) is 15.9 Å². The van der Waals surface area contributed by atoms with Crippen LogP contribution in [0, 0.1) is 5.82 Å². The Labute approximate surface area is 139 Å². The van der Waals surface area contributed by atoms with Crippen molar-refractivity contribution in [2.24, 2.45) is 0 Å². The predicted octanol–water partition coefficient (Wildman–Crippen LogP) is 2.58. The van der Waals surface area contributed by atoms with Crippen LogP contribution >= 0.6 is 0 Å². The van der Waals surface area contributed by atoms with Crippen LogP contribution in [0.25, 0.3) is 0 Å². The molecule has 0 fully saturated rings. The molecule has 1 heterocycles. The Morgan fingerprint density at radius 2 is 2.00 bits per heavy atom. The number of fused-ring (bicyclic) bond motifs is 1. The SMILES string of the molecule is COc1ccc(C(=O)NCC2Cc3cc(F)ccc3O2)cc1OC. The second-order valence-electron chi connectivity index (χ2n) is 5.48. The number of hydrogen-bond donors (Lipinski definition) is 1. The van der Waals surface area contributed by atoms with E-state index in [0.717, 1.165) is 5.56 Å². The summed E-state index contributed by atoms with van der Waals surface area (Å²) in [6.45, 7) is 0.337. The summed E-state index contributed by atoms with van der Waals surface area (Å²) in [5.74, 6) is 1.20. The first-order chi connectivity index (χ1) is 11.6. The third-order valence-corrected chi connectivity index (χ3v) is 3.90. The van der Waals surface area contributed by atoms with Gasteiger partial charge < -0.3 is 19.5 Å². The van der Waals surface area contributed by atoms with Crippen LogP contribution in [0.5, 0.6) is 17.2 Å². The quantitative estimate of drug-likeness (QED) is 0.915. The topological polar surface area (TPSA) is 56.8 Å². The molecule has 0 radical (unpaired) electrons. The molecule has 0 aromatic heterocycles. The molecule has 1 unspecified atom stereocenters. The molecule has 1 amide bonds. The normalized spacial score (nSPS) is 15.4. The average Bonchev–Trinajstić information content (AvgIpc) is 3.00. The lowest BCUT2D eigenvalue weighted by Crippen LogP contribution is -2.34. The molecular formula is C18H18FNO4. The van der Waals surface area contributed by atoms with Crippen molar-refractivity contribution in [3.63, 3.8) is 0 Å². The van der Waals surface area contributed by atoms with E-state index >= 15 is 0 Å². The minimum Gasteiger partial charge on any atom is -0.493 e. The Kier molecular flexibility index (Phi) is 4.55. The molecule has 3 rings (SSSR count). The van der Waals surface area contributed by atoms with Crippen molar-refractivity contribution in [2.45, 2.75) is 12.5 Å². The number of benzene rings is 2. The van der Waals surface area contributed by atoms with E-state index in [1.165, 1.54) is 26.4 Å². The Morgan fingerprint density at radius 3 is 2.75 bits per heavy atom. The molecule has 6 heteroatoms. The highest BCUT2D eigenvalue weighted by molar-refractivity contribution is 5.94. The highest BCUT2D eigenvalue weighted by Gasteiger charge is 2.24. The molecule has 1 aliphatic heterocycles. The Morgan fingerprint density at radius 1 is 1.21 bits per heavy atom. The fraction of sp³-hybridized carbons (Fsp3) is 0.278. The van der Waals surface area contributed by atoms with Crippen molar-refractivity contribution in [1.82, 2.24) is 5.32 Å². The van der Waals surface area contributed by atoms with Crippen molar-refractivity contribution in [1.29, 1.82) is 0 Å². The summed E-state index contributed by atoms with van der Waals surface area (Å²) in [5, 5.41) is 2.83. The average molecular weight is 331 g/mol. The van der Waals surface area contributed by atoms with Crippen LogP contribution in [-0.4, -0.2) is 32.8 Å². The minimum absolute atomic E-state index is 0.203. The summed E-state index contributed by atoms with van der Waals surface area (Å²) in [6, 6.07) is 9.40. The highest BCUT2D eigenvalue weighted by Crippen LogP contribution is 2.29. The zero-order chi connectivity index (χ0) is 17.1. The molecule has 0 spiro atoms. The van der Waals surface area contributed by atoms with E-state index in [4.69, 9.17) is 14.2 Å². The molecule has 1 N–H and O–H groups in total. The number of ether oxygens (including phenoxy) is 3. The molecule has 2 aromatic rings. The molecule has 24 heavy (non-hydrogen) atoms. The van der Waals surface area contributed by atoms with E-state index < -0.39 is 0 Å². The van der Waals surface area contributed by atoms with Crippen LogP contribution in [-0.2, 0) is 6.42 Å². The molecule has 1 aliphatic rings. The molecule has 126 valence electrons. The number of nitrogens with one attached hydrogen (secondary N) is 1. The summed E-state index contributed by atoms with van der Waals surface area (Å²) in [6.07, 6.45) is 0.366. The summed E-state index contributed by atoms with van der Waals surface area (Å²) in [7, 11) is 3.05. The van der Waals surface area contributed by atoms with Crippen molar-refractivity contribution in [3.8, 4) is 17.2 Å². The van der Waals surface area contributed by atoms with Crippen molar-refractivity contribution < 1.29 is 23.4 Å². The molecule has 0 saturated carbocycles. The van der Waals surface area contributed by atoms with Gasteiger partial charge in [-0.1, -0.05) is 0 Å². The Bertz CT molecular complexity index is 763. The lowest BCUT2D eigenvalue weighted by molar-refractivity contribution is 0.0933. The lowest BCUT2D eigenvalue weighted by Gasteiger charge is -2.13. The summed E-state index contributed by atoms with van der Waals surface area (Å²) in [4.78, 5) is 12.3. The van der Waals surface area contributed by atoms with Gasteiger partial charge in [0.15, 0.2) is 11.5 Å². The number of amides is 1. The number of hydrogen-bond acceptors (Lipinski definition) is 4. The molecule has 2 aromatic carbocycles. The second kappa shape index (κ2) is 6.78. The van der Waals surface area contributed by atoms with Gasteiger partial charge in [0.2, 0.25) is 0 Å². The van der Waals surface area contributed by atoms with Gasteiger partial charge in [-0.3, -0.25) is 4.79 Å². The van der Waals surface area contributed by atoms with Crippen molar-refractivity contribution in [2.75, 3.05) is 20.8 Å². The van der Waals surface area contributed by atoms with E-state index in [0.29, 0.717) is 35.8 Å². The Hall–Kier alpha value is -2.76. The van der Waals surface area contributed by atoms with E-state index in [1.807, 2.05) is 0 Å². The zero-order valence-electron chi connectivity index (χ0n) is 13.5. The summed E-state index contributed by atoms with van der Waals surface area (Å²) >= 11 is 0. The predicted molar refractivity (Wildman–Crippen MR) is 86.4 cm³/mol. The van der Waals surface area contributed by atoms with Crippen LogP contribution < -0.4 is 19.5 Å². The first kappa shape index (κ1) is 16.1.